The van der Waals surface area contributed by atoms with E-state index in [2.05, 4.69) is 5.32 Å². The van der Waals surface area contributed by atoms with Crippen LogP contribution in [0.15, 0.2) is 70.4 Å². The van der Waals surface area contributed by atoms with Crippen LogP contribution in [-0.2, 0) is 21.9 Å². The van der Waals surface area contributed by atoms with Crippen LogP contribution in [0.25, 0.3) is 5.69 Å². The Labute approximate surface area is 192 Å². The first-order valence-corrected chi connectivity index (χ1v) is 12.1. The molecule has 10 heteroatoms. The molecule has 0 radical (unpaired) electrons. The second kappa shape index (κ2) is 9.34. The number of anilines is 1. The van der Waals surface area contributed by atoms with Crippen molar-refractivity contribution < 1.29 is 13.2 Å². The highest BCUT2D eigenvalue weighted by atomic mass is 32.2. The van der Waals surface area contributed by atoms with Crippen LogP contribution in [0, 0.1) is 6.92 Å². The van der Waals surface area contributed by atoms with Crippen molar-refractivity contribution >= 4 is 21.6 Å². The maximum atomic E-state index is 13.0. The van der Waals surface area contributed by atoms with Crippen LogP contribution in [-0.4, -0.2) is 65.6 Å². The third-order valence-electron chi connectivity index (χ3n) is 5.90. The predicted molar refractivity (Wildman–Crippen MR) is 126 cm³/mol. The molecule has 1 N–H and O–H groups in total. The standard InChI is InChI=1S/C23H27N5O4S/c1-18-22(23(30)28(25(18)2)19-9-5-3-6-10-19)24-21(29)17-26-13-15-27(16-14-26)33(31,32)20-11-7-4-8-12-20/h3-12H,13-17H2,1-2H3,(H,24,29). The summed E-state index contributed by atoms with van der Waals surface area (Å²) in [5.74, 6) is -0.305. The molecule has 174 valence electrons. The van der Waals surface area contributed by atoms with E-state index in [4.69, 9.17) is 0 Å². The number of nitrogens with one attached hydrogen (secondary N) is 1. The van der Waals surface area contributed by atoms with E-state index in [1.165, 1.54) is 8.99 Å². The number of amides is 1. The number of benzene rings is 2. The van der Waals surface area contributed by atoms with Gasteiger partial charge < -0.3 is 5.32 Å². The summed E-state index contributed by atoms with van der Waals surface area (Å²) in [6.45, 7) is 3.33. The van der Waals surface area contributed by atoms with Gasteiger partial charge in [0.05, 0.1) is 22.8 Å². The first-order chi connectivity index (χ1) is 15.8. The van der Waals surface area contributed by atoms with Gasteiger partial charge in [-0.25, -0.2) is 13.1 Å². The van der Waals surface area contributed by atoms with Crippen molar-refractivity contribution in [3.8, 4) is 5.69 Å². The van der Waals surface area contributed by atoms with Gasteiger partial charge in [-0.2, -0.15) is 4.31 Å². The number of sulfonamides is 1. The summed E-state index contributed by atoms with van der Waals surface area (Å²) in [5, 5.41) is 2.76. The lowest BCUT2D eigenvalue weighted by Crippen LogP contribution is -2.50. The largest absolute Gasteiger partial charge is 0.319 e. The van der Waals surface area contributed by atoms with Gasteiger partial charge >= 0.3 is 0 Å². The molecule has 0 spiro atoms. The van der Waals surface area contributed by atoms with Gasteiger partial charge in [-0.1, -0.05) is 36.4 Å². The maximum Gasteiger partial charge on any atom is 0.295 e. The van der Waals surface area contributed by atoms with Crippen LogP contribution < -0.4 is 10.9 Å². The van der Waals surface area contributed by atoms with Crippen molar-refractivity contribution in [1.29, 1.82) is 0 Å². The van der Waals surface area contributed by atoms with Crippen LogP contribution in [0.4, 0.5) is 5.69 Å². The van der Waals surface area contributed by atoms with Crippen LogP contribution >= 0.6 is 0 Å². The molecule has 1 aromatic heterocycles. The second-order valence-electron chi connectivity index (χ2n) is 7.98. The minimum Gasteiger partial charge on any atom is -0.319 e. The molecule has 2 heterocycles. The average molecular weight is 470 g/mol. The lowest BCUT2D eigenvalue weighted by Gasteiger charge is -2.33. The van der Waals surface area contributed by atoms with Gasteiger partial charge in [-0.15, -0.1) is 0 Å². The molecule has 0 unspecified atom stereocenters. The maximum absolute atomic E-state index is 13.0. The Hall–Kier alpha value is -3.21. The molecule has 1 saturated heterocycles. The molecule has 0 saturated carbocycles. The van der Waals surface area contributed by atoms with Crippen LogP contribution in [0.5, 0.6) is 0 Å². The SMILES string of the molecule is Cc1c(NC(=O)CN2CCN(S(=O)(=O)c3ccccc3)CC2)c(=O)n(-c2ccccc2)n1C. The van der Waals surface area contributed by atoms with E-state index < -0.39 is 10.0 Å². The molecule has 9 nitrogen and oxygen atoms in total. The van der Waals surface area contributed by atoms with E-state index >= 15 is 0 Å². The highest BCUT2D eigenvalue weighted by Gasteiger charge is 2.29. The molecule has 1 aliphatic heterocycles. The third-order valence-corrected chi connectivity index (χ3v) is 7.81. The lowest BCUT2D eigenvalue weighted by molar-refractivity contribution is -0.117. The minimum atomic E-state index is -3.54. The first-order valence-electron chi connectivity index (χ1n) is 10.7. The second-order valence-corrected chi connectivity index (χ2v) is 9.92. The Kier molecular flexibility index (Phi) is 6.50. The number of hydrogen-bond donors (Lipinski definition) is 1. The molecule has 3 aromatic rings. The zero-order chi connectivity index (χ0) is 23.6. The zero-order valence-corrected chi connectivity index (χ0v) is 19.5. The van der Waals surface area contributed by atoms with Crippen molar-refractivity contribution in [3.05, 3.63) is 76.7 Å². The van der Waals surface area contributed by atoms with Gasteiger partial charge in [-0.3, -0.25) is 19.2 Å². The number of piperazine rings is 1. The number of hydrogen-bond acceptors (Lipinski definition) is 5. The lowest BCUT2D eigenvalue weighted by atomic mass is 10.3. The molecule has 1 fully saturated rings. The van der Waals surface area contributed by atoms with E-state index in [0.717, 1.165) is 0 Å². The normalized spacial score (nSPS) is 15.5. The molecule has 1 amide bonds. The highest BCUT2D eigenvalue weighted by molar-refractivity contribution is 7.89. The molecule has 0 aliphatic carbocycles. The molecular weight excluding hydrogens is 442 g/mol. The molecule has 2 aromatic carbocycles. The number of rotatable bonds is 6. The Morgan fingerprint density at radius 1 is 0.939 bits per heavy atom. The molecule has 33 heavy (non-hydrogen) atoms. The fourth-order valence-electron chi connectivity index (χ4n) is 3.96. The minimum absolute atomic E-state index is 0.0817. The summed E-state index contributed by atoms with van der Waals surface area (Å²) in [6, 6.07) is 17.6. The number of carbonyl (C=O) groups is 1. The number of aromatic nitrogens is 2. The van der Waals surface area contributed by atoms with Crippen molar-refractivity contribution in [1.82, 2.24) is 18.6 Å². The van der Waals surface area contributed by atoms with Gasteiger partial charge in [0.15, 0.2) is 0 Å². The van der Waals surface area contributed by atoms with Gasteiger partial charge in [0, 0.05) is 33.2 Å². The number of para-hydroxylation sites is 1. The van der Waals surface area contributed by atoms with Gasteiger partial charge in [0.2, 0.25) is 15.9 Å². The Bertz CT molecular complexity index is 1290. The molecule has 4 rings (SSSR count). The Morgan fingerprint density at radius 3 is 2.12 bits per heavy atom. The summed E-state index contributed by atoms with van der Waals surface area (Å²) >= 11 is 0. The quantitative estimate of drug-likeness (QED) is 0.589. The zero-order valence-electron chi connectivity index (χ0n) is 18.6. The molecule has 1 aliphatic rings. The van der Waals surface area contributed by atoms with E-state index in [1.807, 2.05) is 35.2 Å². The Morgan fingerprint density at radius 2 is 1.52 bits per heavy atom. The monoisotopic (exact) mass is 469 g/mol. The smallest absolute Gasteiger partial charge is 0.295 e. The van der Waals surface area contributed by atoms with Gasteiger partial charge in [0.25, 0.3) is 5.56 Å². The molecule has 0 atom stereocenters. The fourth-order valence-corrected chi connectivity index (χ4v) is 5.41. The predicted octanol–water partition coefficient (Wildman–Crippen LogP) is 1.43. The third kappa shape index (κ3) is 4.63. The first kappa shape index (κ1) is 23.0. The van der Waals surface area contributed by atoms with E-state index in [-0.39, 0.29) is 28.6 Å². The van der Waals surface area contributed by atoms with E-state index in [9.17, 15) is 18.0 Å². The molecule has 0 bridgehead atoms. The molecular formula is C23H27N5O4S. The number of nitrogens with zero attached hydrogens (tertiary/aromatic N) is 4. The van der Waals surface area contributed by atoms with E-state index in [1.54, 1.807) is 49.0 Å². The van der Waals surface area contributed by atoms with Crippen LogP contribution in [0.3, 0.4) is 0 Å². The fraction of sp³-hybridized carbons (Fsp3) is 0.304. The summed E-state index contributed by atoms with van der Waals surface area (Å²) in [4.78, 5) is 27.8. The van der Waals surface area contributed by atoms with Crippen molar-refractivity contribution in [3.63, 3.8) is 0 Å². The highest BCUT2D eigenvalue weighted by Crippen LogP contribution is 2.18. The van der Waals surface area contributed by atoms with E-state index in [0.29, 0.717) is 37.6 Å². The van der Waals surface area contributed by atoms with Crippen LogP contribution in [0.1, 0.15) is 5.69 Å². The topological polar surface area (TPSA) is 96.7 Å². The summed E-state index contributed by atoms with van der Waals surface area (Å²) in [7, 11) is -1.77. The summed E-state index contributed by atoms with van der Waals surface area (Å²) in [6.07, 6.45) is 0. The van der Waals surface area contributed by atoms with Gasteiger partial charge in [0.1, 0.15) is 5.69 Å². The summed E-state index contributed by atoms with van der Waals surface area (Å²) in [5.41, 5.74) is 1.31. The van der Waals surface area contributed by atoms with Gasteiger partial charge in [-0.05, 0) is 31.2 Å². The van der Waals surface area contributed by atoms with Crippen molar-refractivity contribution in [2.45, 2.75) is 11.8 Å². The summed E-state index contributed by atoms with van der Waals surface area (Å²) < 4.78 is 30.2. The van der Waals surface area contributed by atoms with Crippen molar-refractivity contribution in [2.75, 3.05) is 38.0 Å². The van der Waals surface area contributed by atoms with Crippen LogP contribution in [0.2, 0.25) is 0 Å². The average Bonchev–Trinajstić information content (AvgIpc) is 3.03. The Balaban J connectivity index is 1.40. The van der Waals surface area contributed by atoms with Crippen molar-refractivity contribution in [2.24, 2.45) is 7.05 Å². The number of carbonyl (C=O) groups excluding carboxylic acids is 1.